The molecule has 18 heavy (non-hydrogen) atoms. The molecular formula is C15H16N2O. The fourth-order valence-electron chi connectivity index (χ4n) is 2.78. The zero-order valence-electron chi connectivity index (χ0n) is 10.4. The fourth-order valence-corrected chi connectivity index (χ4v) is 2.78. The highest BCUT2D eigenvalue weighted by Crippen LogP contribution is 2.40. The zero-order chi connectivity index (χ0) is 12.5. The van der Waals surface area contributed by atoms with Gasteiger partial charge in [-0.15, -0.1) is 0 Å². The van der Waals surface area contributed by atoms with Crippen LogP contribution in [-0.2, 0) is 6.42 Å². The van der Waals surface area contributed by atoms with Gasteiger partial charge in [-0.05, 0) is 37.5 Å². The summed E-state index contributed by atoms with van der Waals surface area (Å²) in [6.45, 7) is 1.94. The van der Waals surface area contributed by atoms with Crippen molar-refractivity contribution >= 4 is 0 Å². The molecule has 0 saturated carbocycles. The Morgan fingerprint density at radius 3 is 2.83 bits per heavy atom. The Balaban J connectivity index is 1.96. The molecule has 0 aromatic carbocycles. The molecule has 92 valence electrons. The van der Waals surface area contributed by atoms with Crippen molar-refractivity contribution in [3.05, 3.63) is 59.2 Å². The SMILES string of the molecule is Cc1ncccc1C(O)C1CCc2cccnc21. The van der Waals surface area contributed by atoms with Gasteiger partial charge >= 0.3 is 0 Å². The lowest BCUT2D eigenvalue weighted by Gasteiger charge is -2.19. The maximum atomic E-state index is 10.6. The van der Waals surface area contributed by atoms with E-state index in [0.29, 0.717) is 0 Å². The molecule has 0 amide bonds. The number of hydrogen-bond acceptors (Lipinski definition) is 3. The Bertz CT molecular complexity index is 568. The zero-order valence-corrected chi connectivity index (χ0v) is 10.4. The molecule has 3 heteroatoms. The summed E-state index contributed by atoms with van der Waals surface area (Å²) in [5.74, 6) is 0.101. The van der Waals surface area contributed by atoms with Gasteiger partial charge in [-0.3, -0.25) is 9.97 Å². The Hall–Kier alpha value is -1.74. The maximum Gasteiger partial charge on any atom is 0.0891 e. The van der Waals surface area contributed by atoms with Crippen molar-refractivity contribution in [1.82, 2.24) is 9.97 Å². The van der Waals surface area contributed by atoms with Crippen molar-refractivity contribution in [3.63, 3.8) is 0 Å². The van der Waals surface area contributed by atoms with Gasteiger partial charge in [0, 0.05) is 35.3 Å². The van der Waals surface area contributed by atoms with E-state index in [0.717, 1.165) is 29.8 Å². The van der Waals surface area contributed by atoms with Crippen LogP contribution in [0.25, 0.3) is 0 Å². The smallest absolute Gasteiger partial charge is 0.0891 e. The van der Waals surface area contributed by atoms with Gasteiger partial charge in [0.05, 0.1) is 6.10 Å². The van der Waals surface area contributed by atoms with E-state index in [1.54, 1.807) is 12.4 Å². The number of aromatic nitrogens is 2. The first-order valence-electron chi connectivity index (χ1n) is 6.30. The second-order valence-electron chi connectivity index (χ2n) is 4.82. The molecule has 1 aliphatic carbocycles. The van der Waals surface area contributed by atoms with Crippen molar-refractivity contribution in [1.29, 1.82) is 0 Å². The highest BCUT2D eigenvalue weighted by atomic mass is 16.3. The van der Waals surface area contributed by atoms with Crippen LogP contribution in [0.3, 0.4) is 0 Å². The summed E-state index contributed by atoms with van der Waals surface area (Å²) < 4.78 is 0. The minimum Gasteiger partial charge on any atom is -0.388 e. The van der Waals surface area contributed by atoms with E-state index in [1.807, 2.05) is 25.1 Å². The predicted molar refractivity (Wildman–Crippen MR) is 69.2 cm³/mol. The van der Waals surface area contributed by atoms with Gasteiger partial charge in [0.15, 0.2) is 0 Å². The van der Waals surface area contributed by atoms with Crippen molar-refractivity contribution in [3.8, 4) is 0 Å². The first kappa shape index (κ1) is 11.4. The summed E-state index contributed by atoms with van der Waals surface area (Å²) in [6.07, 6.45) is 5.02. The molecule has 1 N–H and O–H groups in total. The molecule has 0 fully saturated rings. The van der Waals surface area contributed by atoms with Gasteiger partial charge in [0.2, 0.25) is 0 Å². The van der Waals surface area contributed by atoms with Gasteiger partial charge in [-0.1, -0.05) is 12.1 Å². The van der Waals surface area contributed by atoms with Gasteiger partial charge in [0.25, 0.3) is 0 Å². The molecule has 0 radical (unpaired) electrons. The predicted octanol–water partition coefficient (Wildman–Crippen LogP) is 2.55. The summed E-state index contributed by atoms with van der Waals surface area (Å²) in [5.41, 5.74) is 4.13. The fraction of sp³-hybridized carbons (Fsp3) is 0.333. The molecule has 2 unspecified atom stereocenters. The van der Waals surface area contributed by atoms with E-state index in [1.165, 1.54) is 5.56 Å². The lowest BCUT2D eigenvalue weighted by molar-refractivity contribution is 0.142. The van der Waals surface area contributed by atoms with Gasteiger partial charge in [0.1, 0.15) is 0 Å². The molecule has 0 bridgehead atoms. The number of nitrogens with zero attached hydrogens (tertiary/aromatic N) is 2. The van der Waals surface area contributed by atoms with Crippen LogP contribution in [0.2, 0.25) is 0 Å². The van der Waals surface area contributed by atoms with Crippen LogP contribution in [0.1, 0.15) is 41.0 Å². The van der Waals surface area contributed by atoms with Gasteiger partial charge < -0.3 is 5.11 Å². The highest BCUT2D eigenvalue weighted by Gasteiger charge is 2.31. The van der Waals surface area contributed by atoms with Crippen molar-refractivity contribution < 1.29 is 5.11 Å². The molecule has 2 aromatic heterocycles. The van der Waals surface area contributed by atoms with Crippen molar-refractivity contribution in [2.24, 2.45) is 0 Å². The molecular weight excluding hydrogens is 224 g/mol. The van der Waals surface area contributed by atoms with Crippen LogP contribution in [0.4, 0.5) is 0 Å². The number of aryl methyl sites for hydroxylation is 2. The lowest BCUT2D eigenvalue weighted by atomic mass is 9.93. The number of fused-ring (bicyclic) bond motifs is 1. The van der Waals surface area contributed by atoms with Crippen LogP contribution in [0.5, 0.6) is 0 Å². The van der Waals surface area contributed by atoms with Gasteiger partial charge in [-0.2, -0.15) is 0 Å². The van der Waals surface area contributed by atoms with Crippen LogP contribution in [-0.4, -0.2) is 15.1 Å². The number of aliphatic hydroxyl groups is 1. The Morgan fingerprint density at radius 2 is 2.00 bits per heavy atom. The summed E-state index contributed by atoms with van der Waals surface area (Å²) in [5, 5.41) is 10.6. The molecule has 0 saturated heterocycles. The molecule has 2 aromatic rings. The van der Waals surface area contributed by atoms with E-state index in [9.17, 15) is 5.11 Å². The van der Waals surface area contributed by atoms with Crippen LogP contribution >= 0.6 is 0 Å². The normalized spacial score (nSPS) is 19.6. The standard InChI is InChI=1S/C15H16N2O/c1-10-12(5-3-8-16-10)15(18)13-7-6-11-4-2-9-17-14(11)13/h2-5,8-9,13,15,18H,6-7H2,1H3. The summed E-state index contributed by atoms with van der Waals surface area (Å²) in [7, 11) is 0. The monoisotopic (exact) mass is 240 g/mol. The number of aliphatic hydroxyl groups excluding tert-OH is 1. The second-order valence-corrected chi connectivity index (χ2v) is 4.82. The molecule has 0 spiro atoms. The molecule has 2 heterocycles. The quantitative estimate of drug-likeness (QED) is 0.877. The molecule has 2 atom stereocenters. The van der Waals surface area contributed by atoms with Crippen LogP contribution in [0, 0.1) is 6.92 Å². The summed E-state index contributed by atoms with van der Waals surface area (Å²) in [4.78, 5) is 8.68. The summed E-state index contributed by atoms with van der Waals surface area (Å²) in [6, 6.07) is 7.89. The number of pyridine rings is 2. The highest BCUT2D eigenvalue weighted by molar-refractivity contribution is 5.33. The van der Waals surface area contributed by atoms with Gasteiger partial charge in [-0.25, -0.2) is 0 Å². The minimum atomic E-state index is -0.505. The van der Waals surface area contributed by atoms with E-state index in [-0.39, 0.29) is 5.92 Å². The lowest BCUT2D eigenvalue weighted by Crippen LogP contribution is -2.11. The van der Waals surface area contributed by atoms with Crippen LogP contribution in [0.15, 0.2) is 36.7 Å². The summed E-state index contributed by atoms with van der Waals surface area (Å²) >= 11 is 0. The Morgan fingerprint density at radius 1 is 1.22 bits per heavy atom. The Labute approximate surface area is 107 Å². The molecule has 3 rings (SSSR count). The van der Waals surface area contributed by atoms with E-state index in [2.05, 4.69) is 16.0 Å². The van der Waals surface area contributed by atoms with E-state index < -0.39 is 6.10 Å². The van der Waals surface area contributed by atoms with Crippen molar-refractivity contribution in [2.75, 3.05) is 0 Å². The average molecular weight is 240 g/mol. The molecule has 3 nitrogen and oxygen atoms in total. The average Bonchev–Trinajstić information content (AvgIpc) is 2.82. The maximum absolute atomic E-state index is 10.6. The van der Waals surface area contributed by atoms with Crippen LogP contribution < -0.4 is 0 Å². The third kappa shape index (κ3) is 1.81. The second kappa shape index (κ2) is 4.50. The van der Waals surface area contributed by atoms with Crippen molar-refractivity contribution in [2.45, 2.75) is 31.8 Å². The molecule has 1 aliphatic rings. The number of rotatable bonds is 2. The van der Waals surface area contributed by atoms with E-state index >= 15 is 0 Å². The first-order chi connectivity index (χ1) is 8.77. The Kier molecular flexibility index (Phi) is 2.84. The topological polar surface area (TPSA) is 46.0 Å². The third-order valence-electron chi connectivity index (χ3n) is 3.75. The third-order valence-corrected chi connectivity index (χ3v) is 3.75. The first-order valence-corrected chi connectivity index (χ1v) is 6.30. The minimum absolute atomic E-state index is 0.101. The largest absolute Gasteiger partial charge is 0.388 e. The molecule has 0 aliphatic heterocycles. The van der Waals surface area contributed by atoms with E-state index in [4.69, 9.17) is 0 Å². The number of hydrogen-bond donors (Lipinski definition) is 1.